The summed E-state index contributed by atoms with van der Waals surface area (Å²) in [5, 5.41) is 6.26. The fraction of sp³-hybridized carbons (Fsp3) is 0.130. The standard InChI is InChI=1S/C23H20N2O/c1-17-10-8-9-13-19(17)16-21-22(18-11-4-2-5-12-18)24-25(23(21)26)20-14-6-3-7-15-20/h2-15,21H,16H2,1H3. The zero-order valence-electron chi connectivity index (χ0n) is 14.7. The maximum absolute atomic E-state index is 13.2. The average molecular weight is 340 g/mol. The Morgan fingerprint density at radius 1 is 0.846 bits per heavy atom. The molecule has 26 heavy (non-hydrogen) atoms. The van der Waals surface area contributed by atoms with Crippen molar-refractivity contribution in [2.45, 2.75) is 13.3 Å². The number of amides is 1. The highest BCUT2D eigenvalue weighted by atomic mass is 16.2. The molecule has 0 spiro atoms. The molecule has 0 bridgehead atoms. The molecule has 3 aromatic carbocycles. The Kier molecular flexibility index (Phi) is 4.36. The van der Waals surface area contributed by atoms with Gasteiger partial charge in [-0.1, -0.05) is 72.8 Å². The van der Waals surface area contributed by atoms with Crippen LogP contribution in [0.2, 0.25) is 0 Å². The van der Waals surface area contributed by atoms with E-state index in [0.29, 0.717) is 6.42 Å². The topological polar surface area (TPSA) is 32.7 Å². The lowest BCUT2D eigenvalue weighted by molar-refractivity contribution is -0.119. The highest BCUT2D eigenvalue weighted by molar-refractivity contribution is 6.21. The van der Waals surface area contributed by atoms with Crippen LogP contribution in [-0.2, 0) is 11.2 Å². The SMILES string of the molecule is Cc1ccccc1CC1C(=O)N(c2ccccc2)N=C1c1ccccc1. The number of hydrazone groups is 1. The van der Waals surface area contributed by atoms with Gasteiger partial charge in [0, 0.05) is 0 Å². The van der Waals surface area contributed by atoms with E-state index < -0.39 is 0 Å². The number of aryl methyl sites for hydroxylation is 1. The number of hydrogen-bond donors (Lipinski definition) is 0. The number of para-hydroxylation sites is 1. The second-order valence-corrected chi connectivity index (χ2v) is 6.52. The van der Waals surface area contributed by atoms with Crippen LogP contribution in [0.25, 0.3) is 0 Å². The molecule has 3 nitrogen and oxygen atoms in total. The smallest absolute Gasteiger partial charge is 0.256 e. The molecule has 1 atom stereocenters. The Balaban J connectivity index is 1.75. The monoisotopic (exact) mass is 340 g/mol. The van der Waals surface area contributed by atoms with E-state index in [1.807, 2.05) is 72.8 Å². The number of rotatable bonds is 4. The third-order valence-corrected chi connectivity index (χ3v) is 4.80. The molecule has 128 valence electrons. The van der Waals surface area contributed by atoms with Crippen LogP contribution in [0.1, 0.15) is 16.7 Å². The lowest BCUT2D eigenvalue weighted by Gasteiger charge is -2.15. The van der Waals surface area contributed by atoms with Gasteiger partial charge in [-0.15, -0.1) is 0 Å². The number of hydrogen-bond acceptors (Lipinski definition) is 2. The van der Waals surface area contributed by atoms with E-state index >= 15 is 0 Å². The van der Waals surface area contributed by atoms with Crippen molar-refractivity contribution in [1.29, 1.82) is 0 Å². The second-order valence-electron chi connectivity index (χ2n) is 6.52. The van der Waals surface area contributed by atoms with Gasteiger partial charge in [-0.2, -0.15) is 10.1 Å². The van der Waals surface area contributed by atoms with Crippen molar-refractivity contribution in [2.24, 2.45) is 11.0 Å². The quantitative estimate of drug-likeness (QED) is 0.683. The normalized spacial score (nSPS) is 16.7. The Morgan fingerprint density at radius 2 is 1.46 bits per heavy atom. The van der Waals surface area contributed by atoms with E-state index in [1.54, 1.807) is 5.01 Å². The maximum Gasteiger partial charge on any atom is 0.256 e. The number of anilines is 1. The van der Waals surface area contributed by atoms with Gasteiger partial charge >= 0.3 is 0 Å². The van der Waals surface area contributed by atoms with E-state index in [9.17, 15) is 4.79 Å². The van der Waals surface area contributed by atoms with Gasteiger partial charge in [-0.25, -0.2) is 0 Å². The summed E-state index contributed by atoms with van der Waals surface area (Å²) in [6, 6.07) is 27.8. The average Bonchev–Trinajstić information content (AvgIpc) is 3.01. The van der Waals surface area contributed by atoms with Crippen molar-refractivity contribution in [3.05, 3.63) is 102 Å². The van der Waals surface area contributed by atoms with Crippen molar-refractivity contribution in [3.63, 3.8) is 0 Å². The van der Waals surface area contributed by atoms with Gasteiger partial charge in [-0.05, 0) is 42.2 Å². The molecule has 0 N–H and O–H groups in total. The van der Waals surface area contributed by atoms with Gasteiger partial charge in [0.05, 0.1) is 17.3 Å². The molecule has 4 rings (SSSR count). The van der Waals surface area contributed by atoms with E-state index in [2.05, 4.69) is 19.1 Å². The Hall–Kier alpha value is -3.20. The molecule has 0 aliphatic carbocycles. The summed E-state index contributed by atoms with van der Waals surface area (Å²) in [7, 11) is 0. The lowest BCUT2D eigenvalue weighted by Crippen LogP contribution is -2.29. The van der Waals surface area contributed by atoms with Gasteiger partial charge in [0.1, 0.15) is 0 Å². The largest absolute Gasteiger partial charge is 0.272 e. The fourth-order valence-corrected chi connectivity index (χ4v) is 3.36. The summed E-state index contributed by atoms with van der Waals surface area (Å²) in [5.41, 5.74) is 5.02. The Morgan fingerprint density at radius 3 is 2.15 bits per heavy atom. The van der Waals surface area contributed by atoms with E-state index in [4.69, 9.17) is 5.10 Å². The van der Waals surface area contributed by atoms with Crippen LogP contribution in [0, 0.1) is 12.8 Å². The van der Waals surface area contributed by atoms with Crippen LogP contribution in [0.3, 0.4) is 0 Å². The molecule has 0 radical (unpaired) electrons. The van der Waals surface area contributed by atoms with Crippen molar-refractivity contribution in [3.8, 4) is 0 Å². The van der Waals surface area contributed by atoms with Gasteiger partial charge < -0.3 is 0 Å². The van der Waals surface area contributed by atoms with Gasteiger partial charge in [0.25, 0.3) is 5.91 Å². The molecule has 1 aliphatic rings. The Labute approximate surface area is 153 Å². The van der Waals surface area contributed by atoms with Crippen molar-refractivity contribution < 1.29 is 4.79 Å². The second kappa shape index (κ2) is 6.96. The maximum atomic E-state index is 13.2. The van der Waals surface area contributed by atoms with Crippen LogP contribution < -0.4 is 5.01 Å². The van der Waals surface area contributed by atoms with Crippen molar-refractivity contribution in [1.82, 2.24) is 0 Å². The summed E-state index contributed by atoms with van der Waals surface area (Å²) in [6.07, 6.45) is 0.655. The van der Waals surface area contributed by atoms with Crippen molar-refractivity contribution in [2.75, 3.05) is 5.01 Å². The molecule has 0 saturated heterocycles. The summed E-state index contributed by atoms with van der Waals surface area (Å²) >= 11 is 0. The summed E-state index contributed by atoms with van der Waals surface area (Å²) < 4.78 is 0. The predicted molar refractivity (Wildman–Crippen MR) is 105 cm³/mol. The minimum absolute atomic E-state index is 0.0262. The molecule has 3 aromatic rings. The summed E-state index contributed by atoms with van der Waals surface area (Å²) in [6.45, 7) is 2.09. The number of carbonyl (C=O) groups is 1. The molecule has 3 heteroatoms. The van der Waals surface area contributed by atoms with E-state index in [-0.39, 0.29) is 11.8 Å². The van der Waals surface area contributed by atoms with Gasteiger partial charge in [0.15, 0.2) is 0 Å². The molecule has 0 aromatic heterocycles. The zero-order chi connectivity index (χ0) is 17.9. The molecule has 1 aliphatic heterocycles. The van der Waals surface area contributed by atoms with Crippen molar-refractivity contribution >= 4 is 17.3 Å². The first-order valence-corrected chi connectivity index (χ1v) is 8.81. The first-order chi connectivity index (χ1) is 12.7. The first-order valence-electron chi connectivity index (χ1n) is 8.81. The fourth-order valence-electron chi connectivity index (χ4n) is 3.36. The molecule has 1 unspecified atom stereocenters. The number of carbonyl (C=O) groups excluding carboxylic acids is 1. The van der Waals surface area contributed by atoms with Crippen LogP contribution in [0.5, 0.6) is 0 Å². The third kappa shape index (κ3) is 3.04. The van der Waals surface area contributed by atoms with Gasteiger partial charge in [0.2, 0.25) is 0 Å². The number of benzene rings is 3. The number of nitrogens with zero attached hydrogens (tertiary/aromatic N) is 2. The Bertz CT molecular complexity index is 948. The highest BCUT2D eigenvalue weighted by Crippen LogP contribution is 2.29. The van der Waals surface area contributed by atoms with Crippen LogP contribution in [0.15, 0.2) is 90.0 Å². The predicted octanol–water partition coefficient (Wildman–Crippen LogP) is 4.60. The lowest BCUT2D eigenvalue weighted by atomic mass is 9.89. The summed E-state index contributed by atoms with van der Waals surface area (Å²) in [4.78, 5) is 13.2. The van der Waals surface area contributed by atoms with Crippen LogP contribution >= 0.6 is 0 Å². The zero-order valence-corrected chi connectivity index (χ0v) is 14.7. The van der Waals surface area contributed by atoms with Gasteiger partial charge in [-0.3, -0.25) is 4.79 Å². The minimum Gasteiger partial charge on any atom is -0.272 e. The molecule has 1 heterocycles. The molecule has 0 fully saturated rings. The minimum atomic E-state index is -0.279. The van der Waals surface area contributed by atoms with Crippen LogP contribution in [0.4, 0.5) is 5.69 Å². The molecular formula is C23H20N2O. The molecular weight excluding hydrogens is 320 g/mol. The first kappa shape index (κ1) is 16.3. The molecule has 0 saturated carbocycles. The highest BCUT2D eigenvalue weighted by Gasteiger charge is 2.37. The molecule has 1 amide bonds. The van der Waals surface area contributed by atoms with E-state index in [1.165, 1.54) is 11.1 Å². The summed E-state index contributed by atoms with van der Waals surface area (Å²) in [5.74, 6) is -0.253. The third-order valence-electron chi connectivity index (χ3n) is 4.80. The van der Waals surface area contributed by atoms with Crippen LogP contribution in [-0.4, -0.2) is 11.6 Å². The van der Waals surface area contributed by atoms with E-state index in [0.717, 1.165) is 17.0 Å².